The molecule has 4 heteroatoms. The average molecular weight is 226 g/mol. The summed E-state index contributed by atoms with van der Waals surface area (Å²) in [6.45, 7) is 9.07. The van der Waals surface area contributed by atoms with Crippen molar-refractivity contribution in [2.75, 3.05) is 19.6 Å². The number of hydrogen-bond acceptors (Lipinski definition) is 4. The molecule has 0 N–H and O–H groups in total. The Bertz CT molecular complexity index is 318. The second kappa shape index (κ2) is 5.98. The van der Waals surface area contributed by atoms with Crippen LogP contribution in [0.25, 0.3) is 0 Å². The molecule has 0 aromatic carbocycles. The molecule has 0 radical (unpaired) electrons. The highest BCUT2D eigenvalue weighted by Gasteiger charge is 2.07. The second-order valence-electron chi connectivity index (χ2n) is 3.45. The second-order valence-corrected chi connectivity index (χ2v) is 4.57. The molecule has 1 rings (SSSR count). The maximum atomic E-state index is 11.1. The maximum absolute atomic E-state index is 11.1. The van der Waals surface area contributed by atoms with Crippen molar-refractivity contribution >= 4 is 17.1 Å². The lowest BCUT2D eigenvalue weighted by Crippen LogP contribution is -2.25. The Labute approximate surface area is 95.1 Å². The molecule has 0 spiro atoms. The van der Waals surface area contributed by atoms with Crippen molar-refractivity contribution in [1.29, 1.82) is 0 Å². The molecule has 1 heterocycles. The van der Waals surface area contributed by atoms with E-state index in [4.69, 9.17) is 0 Å². The molecule has 0 aliphatic carbocycles. The number of aromatic nitrogens is 1. The van der Waals surface area contributed by atoms with Crippen LogP contribution in [0, 0.1) is 0 Å². The molecular weight excluding hydrogens is 208 g/mol. The number of likely N-dealkylation sites (N-methyl/N-ethyl adjacent to an activating group) is 1. The predicted octanol–water partition coefficient (Wildman–Crippen LogP) is 2.23. The summed E-state index contributed by atoms with van der Waals surface area (Å²) in [6.07, 6.45) is 2.63. The molecule has 0 fully saturated rings. The number of hydrogen-bond donors (Lipinski definition) is 0. The minimum atomic E-state index is 0.113. The van der Waals surface area contributed by atoms with Crippen LogP contribution in [0.15, 0.2) is 6.20 Å². The summed E-state index contributed by atoms with van der Waals surface area (Å²) in [4.78, 5) is 18.4. The summed E-state index contributed by atoms with van der Waals surface area (Å²) in [5, 5.41) is 1.06. The first-order chi connectivity index (χ1) is 7.17. The maximum Gasteiger partial charge on any atom is 0.171 e. The van der Waals surface area contributed by atoms with Gasteiger partial charge in [0.15, 0.2) is 5.78 Å². The van der Waals surface area contributed by atoms with E-state index in [1.54, 1.807) is 13.1 Å². The van der Waals surface area contributed by atoms with Crippen molar-refractivity contribution in [3.63, 3.8) is 0 Å². The Kier molecular flexibility index (Phi) is 4.91. The van der Waals surface area contributed by atoms with E-state index in [-0.39, 0.29) is 5.78 Å². The van der Waals surface area contributed by atoms with Gasteiger partial charge < -0.3 is 4.90 Å². The minimum absolute atomic E-state index is 0.113. The first kappa shape index (κ1) is 12.3. The Morgan fingerprint density at radius 1 is 1.47 bits per heavy atom. The van der Waals surface area contributed by atoms with Crippen LogP contribution in [0.1, 0.15) is 35.5 Å². The van der Waals surface area contributed by atoms with Gasteiger partial charge in [0.25, 0.3) is 0 Å². The van der Waals surface area contributed by atoms with E-state index in [1.165, 1.54) is 11.3 Å². The molecule has 0 bridgehead atoms. The van der Waals surface area contributed by atoms with Crippen LogP contribution in [-0.2, 0) is 6.42 Å². The third-order valence-corrected chi connectivity index (χ3v) is 3.59. The lowest BCUT2D eigenvalue weighted by atomic mass is 10.4. The number of rotatable bonds is 6. The van der Waals surface area contributed by atoms with Gasteiger partial charge in [-0.25, -0.2) is 4.98 Å². The summed E-state index contributed by atoms with van der Waals surface area (Å²) >= 11 is 1.52. The molecule has 0 aliphatic heterocycles. The van der Waals surface area contributed by atoms with Crippen LogP contribution in [0.3, 0.4) is 0 Å². The number of Topliss-reactive ketones (excluding diaryl/α,β-unsaturated/α-hetero) is 1. The van der Waals surface area contributed by atoms with Crippen LogP contribution in [0.4, 0.5) is 0 Å². The lowest BCUT2D eigenvalue weighted by Gasteiger charge is -2.16. The summed E-state index contributed by atoms with van der Waals surface area (Å²) < 4.78 is 0. The summed E-state index contributed by atoms with van der Waals surface area (Å²) in [7, 11) is 0. The van der Waals surface area contributed by atoms with E-state index in [9.17, 15) is 4.79 Å². The number of nitrogens with zero attached hydrogens (tertiary/aromatic N) is 2. The van der Waals surface area contributed by atoms with Crippen LogP contribution < -0.4 is 0 Å². The van der Waals surface area contributed by atoms with Gasteiger partial charge in [0.05, 0.1) is 9.88 Å². The zero-order valence-electron chi connectivity index (χ0n) is 9.62. The zero-order chi connectivity index (χ0) is 11.3. The number of carbonyl (C=O) groups excluding carboxylic acids is 1. The molecule has 0 amide bonds. The first-order valence-electron chi connectivity index (χ1n) is 5.35. The van der Waals surface area contributed by atoms with Crippen molar-refractivity contribution < 1.29 is 4.79 Å². The standard InChI is InChI=1S/C11H18N2OS/c1-4-13(5-2)7-6-11-12-8-10(15-11)9(3)14/h8H,4-7H2,1-3H3. The van der Waals surface area contributed by atoms with Crippen molar-refractivity contribution in [3.05, 3.63) is 16.1 Å². The quantitative estimate of drug-likeness (QED) is 0.697. The van der Waals surface area contributed by atoms with Crippen LogP contribution in [0.5, 0.6) is 0 Å². The number of carbonyl (C=O) groups is 1. The fourth-order valence-electron chi connectivity index (χ4n) is 1.38. The molecule has 1 aromatic rings. The Morgan fingerprint density at radius 3 is 2.60 bits per heavy atom. The number of thiazole rings is 1. The monoisotopic (exact) mass is 226 g/mol. The molecule has 0 saturated carbocycles. The smallest absolute Gasteiger partial charge is 0.171 e. The van der Waals surface area contributed by atoms with Gasteiger partial charge in [-0.1, -0.05) is 13.8 Å². The molecule has 0 unspecified atom stereocenters. The fraction of sp³-hybridized carbons (Fsp3) is 0.636. The van der Waals surface area contributed by atoms with Gasteiger partial charge in [-0.2, -0.15) is 0 Å². The minimum Gasteiger partial charge on any atom is -0.303 e. The molecule has 84 valence electrons. The Balaban J connectivity index is 2.47. The molecule has 1 aromatic heterocycles. The van der Waals surface area contributed by atoms with Crippen LogP contribution >= 0.6 is 11.3 Å². The van der Waals surface area contributed by atoms with Gasteiger partial charge >= 0.3 is 0 Å². The Morgan fingerprint density at radius 2 is 2.13 bits per heavy atom. The van der Waals surface area contributed by atoms with Crippen molar-refractivity contribution in [2.45, 2.75) is 27.2 Å². The van der Waals surface area contributed by atoms with E-state index in [0.29, 0.717) is 0 Å². The molecule has 15 heavy (non-hydrogen) atoms. The van der Waals surface area contributed by atoms with E-state index in [1.807, 2.05) is 0 Å². The van der Waals surface area contributed by atoms with Crippen molar-refractivity contribution in [3.8, 4) is 0 Å². The number of ketones is 1. The van der Waals surface area contributed by atoms with Gasteiger partial charge in [0.1, 0.15) is 0 Å². The SMILES string of the molecule is CCN(CC)CCc1ncc(C(C)=O)s1. The normalized spacial score (nSPS) is 10.9. The largest absolute Gasteiger partial charge is 0.303 e. The Hall–Kier alpha value is -0.740. The third-order valence-electron chi connectivity index (χ3n) is 2.44. The fourth-order valence-corrected chi connectivity index (χ4v) is 2.18. The van der Waals surface area contributed by atoms with E-state index in [0.717, 1.165) is 35.9 Å². The topological polar surface area (TPSA) is 33.2 Å². The predicted molar refractivity (Wildman–Crippen MR) is 63.6 cm³/mol. The molecule has 3 nitrogen and oxygen atoms in total. The molecule has 0 aliphatic rings. The van der Waals surface area contributed by atoms with Crippen LogP contribution in [-0.4, -0.2) is 35.3 Å². The van der Waals surface area contributed by atoms with Gasteiger partial charge in [0, 0.05) is 26.1 Å². The van der Waals surface area contributed by atoms with Gasteiger partial charge in [-0.15, -0.1) is 11.3 Å². The zero-order valence-corrected chi connectivity index (χ0v) is 10.4. The third kappa shape index (κ3) is 3.72. The van der Waals surface area contributed by atoms with E-state index < -0.39 is 0 Å². The molecular formula is C11H18N2OS. The summed E-state index contributed by atoms with van der Waals surface area (Å²) in [6, 6.07) is 0. The molecule has 0 atom stereocenters. The highest BCUT2D eigenvalue weighted by atomic mass is 32.1. The lowest BCUT2D eigenvalue weighted by molar-refractivity contribution is 0.102. The highest BCUT2D eigenvalue weighted by Crippen LogP contribution is 2.14. The molecule has 0 saturated heterocycles. The summed E-state index contributed by atoms with van der Waals surface area (Å²) in [5.41, 5.74) is 0. The highest BCUT2D eigenvalue weighted by molar-refractivity contribution is 7.13. The average Bonchev–Trinajstić information content (AvgIpc) is 2.68. The summed E-state index contributed by atoms with van der Waals surface area (Å²) in [5.74, 6) is 0.113. The first-order valence-corrected chi connectivity index (χ1v) is 6.17. The van der Waals surface area contributed by atoms with Crippen LogP contribution in [0.2, 0.25) is 0 Å². The van der Waals surface area contributed by atoms with E-state index in [2.05, 4.69) is 23.7 Å². The van der Waals surface area contributed by atoms with Gasteiger partial charge in [-0.05, 0) is 13.1 Å². The van der Waals surface area contributed by atoms with Gasteiger partial charge in [0.2, 0.25) is 0 Å². The van der Waals surface area contributed by atoms with Crippen molar-refractivity contribution in [2.24, 2.45) is 0 Å². The van der Waals surface area contributed by atoms with Gasteiger partial charge in [-0.3, -0.25) is 4.79 Å². The van der Waals surface area contributed by atoms with Crippen molar-refractivity contribution in [1.82, 2.24) is 9.88 Å². The van der Waals surface area contributed by atoms with E-state index >= 15 is 0 Å².